The molecule has 1 aliphatic rings. The van der Waals surface area contributed by atoms with Gasteiger partial charge in [-0.15, -0.1) is 11.3 Å². The quantitative estimate of drug-likeness (QED) is 0.642. The fourth-order valence-electron chi connectivity index (χ4n) is 3.12. The maximum Gasteiger partial charge on any atom is 0.241 e. The molecule has 0 aliphatic carbocycles. The molecule has 4 rings (SSSR count). The van der Waals surface area contributed by atoms with Crippen molar-refractivity contribution >= 4 is 11.3 Å². The minimum atomic E-state index is 0.295. The van der Waals surface area contributed by atoms with Crippen LogP contribution in [0.15, 0.2) is 52.4 Å². The summed E-state index contributed by atoms with van der Waals surface area (Å²) in [4.78, 5) is 7.92. The van der Waals surface area contributed by atoms with Crippen LogP contribution in [0.3, 0.4) is 0 Å². The second-order valence-electron chi connectivity index (χ2n) is 6.28. The molecule has 1 unspecified atom stereocenters. The number of nitrogens with zero attached hydrogens (tertiary/aromatic N) is 3. The largest absolute Gasteiger partial charge is 0.377 e. The van der Waals surface area contributed by atoms with Gasteiger partial charge in [-0.1, -0.05) is 41.6 Å². The molecule has 0 saturated carbocycles. The first-order valence-corrected chi connectivity index (χ1v) is 9.49. The zero-order valence-corrected chi connectivity index (χ0v) is 14.8. The van der Waals surface area contributed by atoms with E-state index >= 15 is 0 Å². The monoisotopic (exact) mass is 355 g/mol. The fraction of sp³-hybridized carbons (Fsp3) is 0.368. The molecule has 25 heavy (non-hydrogen) atoms. The van der Waals surface area contributed by atoms with Crippen LogP contribution in [0, 0.1) is 0 Å². The molecule has 0 amide bonds. The first-order valence-electron chi connectivity index (χ1n) is 8.61. The Bertz CT molecular complexity index is 767. The number of aromatic nitrogens is 2. The van der Waals surface area contributed by atoms with Crippen LogP contribution in [0.4, 0.5) is 0 Å². The highest BCUT2D eigenvalue weighted by Crippen LogP contribution is 2.22. The summed E-state index contributed by atoms with van der Waals surface area (Å²) in [6.45, 7) is 3.23. The Labute approximate surface area is 151 Å². The third-order valence-corrected chi connectivity index (χ3v) is 5.17. The fourth-order valence-corrected chi connectivity index (χ4v) is 3.77. The standard InChI is InChI=1S/C19H21N3O2S/c1-2-6-15(7-3-1)12-22(13-16-8-4-10-23-16)14-18-20-19(21-24-18)17-9-5-11-25-17/h1-3,5-7,9,11,16H,4,8,10,12-14H2. The Morgan fingerprint density at radius 2 is 2.04 bits per heavy atom. The zero-order valence-electron chi connectivity index (χ0n) is 14.0. The average Bonchev–Trinajstić information content (AvgIpc) is 3.38. The number of ether oxygens (including phenoxy) is 1. The third kappa shape index (κ3) is 4.34. The molecule has 3 heterocycles. The van der Waals surface area contributed by atoms with Crippen molar-refractivity contribution in [2.24, 2.45) is 0 Å². The van der Waals surface area contributed by atoms with Crippen molar-refractivity contribution in [1.29, 1.82) is 0 Å². The lowest BCUT2D eigenvalue weighted by atomic mass is 10.2. The minimum Gasteiger partial charge on any atom is -0.377 e. The summed E-state index contributed by atoms with van der Waals surface area (Å²) in [7, 11) is 0. The van der Waals surface area contributed by atoms with Crippen molar-refractivity contribution in [3.05, 3.63) is 59.3 Å². The molecule has 130 valence electrons. The molecule has 0 N–H and O–H groups in total. The summed E-state index contributed by atoms with van der Waals surface area (Å²) in [6.07, 6.45) is 2.56. The van der Waals surface area contributed by atoms with Gasteiger partial charge >= 0.3 is 0 Å². The van der Waals surface area contributed by atoms with Gasteiger partial charge in [0.2, 0.25) is 11.7 Å². The maximum absolute atomic E-state index is 5.82. The summed E-state index contributed by atoms with van der Waals surface area (Å²) in [6, 6.07) is 14.5. The molecule has 1 aromatic carbocycles. The van der Waals surface area contributed by atoms with Gasteiger partial charge in [0.1, 0.15) is 0 Å². The molecule has 1 saturated heterocycles. The summed E-state index contributed by atoms with van der Waals surface area (Å²) >= 11 is 1.62. The van der Waals surface area contributed by atoms with E-state index in [0.29, 0.717) is 24.4 Å². The van der Waals surface area contributed by atoms with Crippen LogP contribution >= 0.6 is 11.3 Å². The molecular weight excluding hydrogens is 334 g/mol. The van der Waals surface area contributed by atoms with E-state index in [-0.39, 0.29) is 0 Å². The van der Waals surface area contributed by atoms with Crippen LogP contribution in [0.5, 0.6) is 0 Å². The lowest BCUT2D eigenvalue weighted by Gasteiger charge is -2.23. The molecule has 5 nitrogen and oxygen atoms in total. The van der Waals surface area contributed by atoms with E-state index in [4.69, 9.17) is 9.26 Å². The Morgan fingerprint density at radius 3 is 2.80 bits per heavy atom. The van der Waals surface area contributed by atoms with Gasteiger partial charge in [-0.2, -0.15) is 4.98 Å². The molecule has 2 aromatic heterocycles. The normalized spacial score (nSPS) is 17.4. The van der Waals surface area contributed by atoms with E-state index < -0.39 is 0 Å². The highest BCUT2D eigenvalue weighted by atomic mass is 32.1. The van der Waals surface area contributed by atoms with Crippen LogP contribution in [0.2, 0.25) is 0 Å². The molecule has 1 fully saturated rings. The lowest BCUT2D eigenvalue weighted by Crippen LogP contribution is -2.31. The van der Waals surface area contributed by atoms with Crippen molar-refractivity contribution in [3.63, 3.8) is 0 Å². The second kappa shape index (κ2) is 7.91. The van der Waals surface area contributed by atoms with E-state index in [1.165, 1.54) is 5.56 Å². The number of benzene rings is 1. The predicted molar refractivity (Wildman–Crippen MR) is 97.1 cm³/mol. The molecule has 6 heteroatoms. The highest BCUT2D eigenvalue weighted by molar-refractivity contribution is 7.13. The van der Waals surface area contributed by atoms with Crippen molar-refractivity contribution in [1.82, 2.24) is 15.0 Å². The molecule has 0 bridgehead atoms. The number of rotatable bonds is 7. The highest BCUT2D eigenvalue weighted by Gasteiger charge is 2.21. The van der Waals surface area contributed by atoms with Crippen molar-refractivity contribution in [2.75, 3.05) is 13.2 Å². The van der Waals surface area contributed by atoms with E-state index in [1.807, 2.05) is 23.6 Å². The second-order valence-corrected chi connectivity index (χ2v) is 7.23. The maximum atomic E-state index is 5.82. The van der Waals surface area contributed by atoms with Crippen molar-refractivity contribution < 1.29 is 9.26 Å². The number of hydrogen-bond donors (Lipinski definition) is 0. The van der Waals surface area contributed by atoms with Gasteiger partial charge in [0.15, 0.2) is 0 Å². The van der Waals surface area contributed by atoms with Crippen LogP contribution < -0.4 is 0 Å². The summed E-state index contributed by atoms with van der Waals surface area (Å²) in [5, 5.41) is 6.14. The molecule has 1 aliphatic heterocycles. The van der Waals surface area contributed by atoms with E-state index in [2.05, 4.69) is 39.3 Å². The van der Waals surface area contributed by atoms with E-state index in [9.17, 15) is 0 Å². The van der Waals surface area contributed by atoms with Gasteiger partial charge < -0.3 is 9.26 Å². The lowest BCUT2D eigenvalue weighted by molar-refractivity contribution is 0.0640. The molecule has 0 spiro atoms. The van der Waals surface area contributed by atoms with E-state index in [0.717, 1.165) is 37.4 Å². The van der Waals surface area contributed by atoms with Crippen LogP contribution in [0.1, 0.15) is 24.3 Å². The topological polar surface area (TPSA) is 51.4 Å². The Kier molecular flexibility index (Phi) is 5.20. The van der Waals surface area contributed by atoms with Crippen molar-refractivity contribution in [3.8, 4) is 10.7 Å². The summed E-state index contributed by atoms with van der Waals surface area (Å²) in [5.74, 6) is 1.32. The predicted octanol–water partition coefficient (Wildman–Crippen LogP) is 3.98. The number of hydrogen-bond acceptors (Lipinski definition) is 6. The van der Waals surface area contributed by atoms with Crippen LogP contribution in [0.25, 0.3) is 10.7 Å². The molecular formula is C19H21N3O2S. The third-order valence-electron chi connectivity index (χ3n) is 4.30. The Morgan fingerprint density at radius 1 is 1.12 bits per heavy atom. The molecule has 3 aromatic rings. The van der Waals surface area contributed by atoms with Crippen LogP contribution in [-0.4, -0.2) is 34.3 Å². The number of thiophene rings is 1. The van der Waals surface area contributed by atoms with Gasteiger partial charge in [0, 0.05) is 19.7 Å². The van der Waals surface area contributed by atoms with E-state index in [1.54, 1.807) is 11.3 Å². The zero-order chi connectivity index (χ0) is 16.9. The van der Waals surface area contributed by atoms with Crippen molar-refractivity contribution in [2.45, 2.75) is 32.0 Å². The van der Waals surface area contributed by atoms with Gasteiger partial charge in [0.25, 0.3) is 0 Å². The average molecular weight is 355 g/mol. The smallest absolute Gasteiger partial charge is 0.241 e. The molecule has 0 radical (unpaired) electrons. The Hall–Kier alpha value is -2.02. The van der Waals surface area contributed by atoms with Gasteiger partial charge in [-0.3, -0.25) is 4.90 Å². The minimum absolute atomic E-state index is 0.295. The first-order chi connectivity index (χ1) is 12.4. The SMILES string of the molecule is c1ccc(CN(Cc2nc(-c3cccs3)no2)CC2CCCO2)cc1. The molecule has 1 atom stereocenters. The Balaban J connectivity index is 1.47. The van der Waals surface area contributed by atoms with Gasteiger partial charge in [0.05, 0.1) is 17.5 Å². The van der Waals surface area contributed by atoms with Crippen LogP contribution in [-0.2, 0) is 17.8 Å². The summed E-state index contributed by atoms with van der Waals surface area (Å²) < 4.78 is 11.3. The van der Waals surface area contributed by atoms with Gasteiger partial charge in [-0.05, 0) is 29.9 Å². The van der Waals surface area contributed by atoms with Gasteiger partial charge in [-0.25, -0.2) is 0 Å². The first kappa shape index (κ1) is 16.4. The summed E-state index contributed by atoms with van der Waals surface area (Å²) in [5.41, 5.74) is 1.28.